The van der Waals surface area contributed by atoms with Crippen LogP contribution in [0.25, 0.3) is 0 Å². The van der Waals surface area contributed by atoms with E-state index in [9.17, 15) is 18.0 Å². The number of nitrogens with one attached hydrogen (secondary N) is 2. The van der Waals surface area contributed by atoms with Crippen LogP contribution in [0.15, 0.2) is 42.6 Å². The summed E-state index contributed by atoms with van der Waals surface area (Å²) in [6.45, 7) is 1.25. The van der Waals surface area contributed by atoms with Crippen molar-refractivity contribution >= 4 is 11.7 Å². The van der Waals surface area contributed by atoms with Gasteiger partial charge in [-0.2, -0.15) is 13.2 Å². The summed E-state index contributed by atoms with van der Waals surface area (Å²) in [6.07, 6.45) is -2.94. The molecule has 2 aromatic rings. The van der Waals surface area contributed by atoms with Crippen molar-refractivity contribution in [1.82, 2.24) is 10.3 Å². The molecule has 1 unspecified atom stereocenters. The molecule has 0 aliphatic heterocycles. The maximum Gasteiger partial charge on any atom is 0.419 e. The number of hydrogen-bond acceptors (Lipinski definition) is 4. The van der Waals surface area contributed by atoms with Crippen molar-refractivity contribution in [3.8, 4) is 5.75 Å². The van der Waals surface area contributed by atoms with Gasteiger partial charge in [-0.1, -0.05) is 12.1 Å². The zero-order valence-electron chi connectivity index (χ0n) is 13.7. The molecule has 2 rings (SSSR count). The first-order valence-corrected chi connectivity index (χ1v) is 7.53. The van der Waals surface area contributed by atoms with Gasteiger partial charge in [0.25, 0.3) is 5.91 Å². The van der Waals surface area contributed by atoms with Crippen molar-refractivity contribution in [3.05, 3.63) is 53.7 Å². The molecule has 8 heteroatoms. The Morgan fingerprint density at radius 2 is 2.00 bits per heavy atom. The van der Waals surface area contributed by atoms with Gasteiger partial charge in [-0.3, -0.25) is 4.79 Å². The molecule has 0 spiro atoms. The number of carbonyl (C=O) groups excluding carboxylic acids is 1. The molecule has 1 atom stereocenters. The maximum absolute atomic E-state index is 12.9. The highest BCUT2D eigenvalue weighted by Gasteiger charge is 2.34. The fourth-order valence-corrected chi connectivity index (χ4v) is 2.19. The third kappa shape index (κ3) is 5.10. The van der Waals surface area contributed by atoms with Crippen LogP contribution in [-0.2, 0) is 11.0 Å². The summed E-state index contributed by atoms with van der Waals surface area (Å²) in [5, 5.41) is 5.56. The van der Waals surface area contributed by atoms with E-state index >= 15 is 0 Å². The fraction of sp³-hybridized carbons (Fsp3) is 0.294. The standard InChI is InChI=1S/C17H18F3N3O2/c1-11(12-7-8-22-15(9-12)21-2)23-16(24)10-25-14-6-4-3-5-13(14)17(18,19)20/h3-9,11H,10H2,1-2H3,(H,21,22)(H,23,24). The Bertz CT molecular complexity index is 735. The molecule has 0 saturated carbocycles. The quantitative estimate of drug-likeness (QED) is 0.836. The Kier molecular flexibility index (Phi) is 5.84. The van der Waals surface area contributed by atoms with Crippen molar-refractivity contribution in [3.63, 3.8) is 0 Å². The average Bonchev–Trinajstić information content (AvgIpc) is 2.59. The average molecular weight is 353 g/mol. The normalized spacial score (nSPS) is 12.4. The molecule has 0 bridgehead atoms. The van der Waals surface area contributed by atoms with Gasteiger partial charge in [0.05, 0.1) is 11.6 Å². The van der Waals surface area contributed by atoms with Crippen LogP contribution in [0.4, 0.5) is 19.0 Å². The lowest BCUT2D eigenvalue weighted by molar-refractivity contribution is -0.139. The Morgan fingerprint density at radius 3 is 2.68 bits per heavy atom. The third-order valence-electron chi connectivity index (χ3n) is 3.47. The van der Waals surface area contributed by atoms with E-state index in [1.165, 1.54) is 18.2 Å². The summed E-state index contributed by atoms with van der Waals surface area (Å²) in [6, 6.07) is 7.94. The van der Waals surface area contributed by atoms with E-state index in [2.05, 4.69) is 15.6 Å². The lowest BCUT2D eigenvalue weighted by Crippen LogP contribution is -2.31. The monoisotopic (exact) mass is 353 g/mol. The Labute approximate surface area is 143 Å². The van der Waals surface area contributed by atoms with Crippen molar-refractivity contribution < 1.29 is 22.7 Å². The molecule has 1 heterocycles. The molecular weight excluding hydrogens is 335 g/mol. The number of nitrogens with zero attached hydrogens (tertiary/aromatic N) is 1. The van der Waals surface area contributed by atoms with Crippen LogP contribution in [0, 0.1) is 0 Å². The number of ether oxygens (including phenoxy) is 1. The van der Waals surface area contributed by atoms with E-state index in [1.807, 2.05) is 0 Å². The number of aromatic nitrogens is 1. The molecule has 1 aromatic carbocycles. The first kappa shape index (κ1) is 18.6. The van der Waals surface area contributed by atoms with Crippen molar-refractivity contribution in [2.45, 2.75) is 19.1 Å². The Hall–Kier alpha value is -2.77. The molecule has 0 aliphatic rings. The van der Waals surface area contributed by atoms with Crippen molar-refractivity contribution in [2.24, 2.45) is 0 Å². The van der Waals surface area contributed by atoms with Crippen LogP contribution in [0.3, 0.4) is 0 Å². The summed E-state index contributed by atoms with van der Waals surface area (Å²) in [4.78, 5) is 16.0. The van der Waals surface area contributed by atoms with Gasteiger partial charge >= 0.3 is 6.18 Å². The molecule has 2 N–H and O–H groups in total. The molecule has 0 fully saturated rings. The van der Waals surface area contributed by atoms with E-state index in [-0.39, 0.29) is 11.8 Å². The highest BCUT2D eigenvalue weighted by atomic mass is 19.4. The van der Waals surface area contributed by atoms with E-state index in [0.717, 1.165) is 11.6 Å². The molecule has 0 radical (unpaired) electrons. The number of pyridine rings is 1. The number of carbonyl (C=O) groups is 1. The first-order valence-electron chi connectivity index (χ1n) is 7.53. The largest absolute Gasteiger partial charge is 0.483 e. The fourth-order valence-electron chi connectivity index (χ4n) is 2.19. The molecule has 25 heavy (non-hydrogen) atoms. The van der Waals surface area contributed by atoms with Crippen LogP contribution in [-0.4, -0.2) is 24.5 Å². The number of para-hydroxylation sites is 1. The number of alkyl halides is 3. The minimum absolute atomic E-state index is 0.343. The smallest absolute Gasteiger partial charge is 0.419 e. The number of amides is 1. The third-order valence-corrected chi connectivity index (χ3v) is 3.47. The molecule has 0 saturated heterocycles. The highest BCUT2D eigenvalue weighted by molar-refractivity contribution is 5.78. The number of anilines is 1. The van der Waals surface area contributed by atoms with Gasteiger partial charge in [0.1, 0.15) is 11.6 Å². The predicted molar refractivity (Wildman–Crippen MR) is 87.3 cm³/mol. The minimum atomic E-state index is -4.54. The number of hydrogen-bond donors (Lipinski definition) is 2. The van der Waals surface area contributed by atoms with E-state index in [0.29, 0.717) is 5.82 Å². The second-order valence-electron chi connectivity index (χ2n) is 5.30. The molecule has 1 aromatic heterocycles. The SMILES string of the molecule is CNc1cc(C(C)NC(=O)COc2ccccc2C(F)(F)F)ccn1. The summed E-state index contributed by atoms with van der Waals surface area (Å²) >= 11 is 0. The summed E-state index contributed by atoms with van der Waals surface area (Å²) < 4.78 is 43.7. The topological polar surface area (TPSA) is 63.2 Å². The highest BCUT2D eigenvalue weighted by Crippen LogP contribution is 2.35. The predicted octanol–water partition coefficient (Wildman–Crippen LogP) is 3.40. The first-order chi connectivity index (χ1) is 11.8. The van der Waals surface area contributed by atoms with Gasteiger partial charge in [-0.15, -0.1) is 0 Å². The Morgan fingerprint density at radius 1 is 1.28 bits per heavy atom. The van der Waals surface area contributed by atoms with Crippen molar-refractivity contribution in [2.75, 3.05) is 19.0 Å². The number of benzene rings is 1. The van der Waals surface area contributed by atoms with Crippen LogP contribution in [0.5, 0.6) is 5.75 Å². The summed E-state index contributed by atoms with van der Waals surface area (Å²) in [5.74, 6) is -0.250. The second-order valence-corrected chi connectivity index (χ2v) is 5.30. The van der Waals surface area contributed by atoms with Gasteiger partial charge in [0.15, 0.2) is 6.61 Å². The summed E-state index contributed by atoms with van der Waals surface area (Å²) in [7, 11) is 1.72. The van der Waals surface area contributed by atoms with Gasteiger partial charge in [-0.05, 0) is 36.8 Å². The van der Waals surface area contributed by atoms with E-state index in [4.69, 9.17) is 4.74 Å². The molecule has 1 amide bonds. The van der Waals surface area contributed by atoms with Gasteiger partial charge in [0.2, 0.25) is 0 Å². The second kappa shape index (κ2) is 7.87. The minimum Gasteiger partial charge on any atom is -0.483 e. The van der Waals surface area contributed by atoms with Crippen LogP contribution in [0.2, 0.25) is 0 Å². The molecular formula is C17H18F3N3O2. The van der Waals surface area contributed by atoms with Crippen LogP contribution < -0.4 is 15.4 Å². The number of halogens is 3. The van der Waals surface area contributed by atoms with Gasteiger partial charge < -0.3 is 15.4 Å². The van der Waals surface area contributed by atoms with Crippen LogP contribution in [0.1, 0.15) is 24.1 Å². The Balaban J connectivity index is 1.97. The maximum atomic E-state index is 12.9. The van der Waals surface area contributed by atoms with E-state index in [1.54, 1.807) is 32.3 Å². The molecule has 134 valence electrons. The molecule has 0 aliphatic carbocycles. The lowest BCUT2D eigenvalue weighted by atomic mass is 10.1. The summed E-state index contributed by atoms with van der Waals surface area (Å²) in [5.41, 5.74) is -0.105. The zero-order valence-corrected chi connectivity index (χ0v) is 13.7. The van der Waals surface area contributed by atoms with Gasteiger partial charge in [0, 0.05) is 13.2 Å². The number of rotatable bonds is 6. The van der Waals surface area contributed by atoms with Crippen molar-refractivity contribution in [1.29, 1.82) is 0 Å². The van der Waals surface area contributed by atoms with E-state index < -0.39 is 24.3 Å². The van der Waals surface area contributed by atoms with Gasteiger partial charge in [-0.25, -0.2) is 4.98 Å². The molecule has 5 nitrogen and oxygen atoms in total. The zero-order chi connectivity index (χ0) is 18.4. The lowest BCUT2D eigenvalue weighted by Gasteiger charge is -2.17. The van der Waals surface area contributed by atoms with Crippen LogP contribution >= 0.6 is 0 Å².